The predicted octanol–water partition coefficient (Wildman–Crippen LogP) is -0.159. The van der Waals surface area contributed by atoms with Gasteiger partial charge in [-0.3, -0.25) is 4.79 Å². The first-order chi connectivity index (χ1) is 6.44. The Bertz CT molecular complexity index is 233. The minimum absolute atomic E-state index is 0.248. The van der Waals surface area contributed by atoms with Crippen LogP contribution in [-0.2, 0) is 19.1 Å². The third kappa shape index (κ3) is 2.70. The van der Waals surface area contributed by atoms with Gasteiger partial charge < -0.3 is 14.8 Å². The first-order valence-electron chi connectivity index (χ1n) is 4.48. The molecule has 1 heterocycles. The average Bonchev–Trinajstić information content (AvgIpc) is 1.93. The lowest BCUT2D eigenvalue weighted by molar-refractivity contribution is -0.186. The Balaban J connectivity index is 2.42. The first-order valence-corrected chi connectivity index (χ1v) is 4.48. The van der Waals surface area contributed by atoms with Crippen LogP contribution in [0.2, 0.25) is 0 Å². The molecule has 1 N–H and O–H groups in total. The lowest BCUT2D eigenvalue weighted by Crippen LogP contribution is -2.58. The highest BCUT2D eigenvalue weighted by Crippen LogP contribution is 2.17. The Hall–Kier alpha value is -1.10. The Morgan fingerprint density at radius 1 is 1.57 bits per heavy atom. The van der Waals surface area contributed by atoms with E-state index in [9.17, 15) is 9.59 Å². The van der Waals surface area contributed by atoms with E-state index in [1.165, 1.54) is 0 Å². The van der Waals surface area contributed by atoms with Gasteiger partial charge in [0.1, 0.15) is 5.60 Å². The molecule has 80 valence electrons. The molecule has 0 aliphatic carbocycles. The van der Waals surface area contributed by atoms with Gasteiger partial charge in [-0.05, 0) is 20.8 Å². The van der Waals surface area contributed by atoms with Gasteiger partial charge in [-0.1, -0.05) is 0 Å². The maximum absolute atomic E-state index is 11.4. The second-order valence-electron chi connectivity index (χ2n) is 4.18. The third-order valence-electron chi connectivity index (χ3n) is 1.74. The van der Waals surface area contributed by atoms with E-state index in [1.807, 2.05) is 0 Å². The van der Waals surface area contributed by atoms with Gasteiger partial charge in [0.25, 0.3) is 0 Å². The summed E-state index contributed by atoms with van der Waals surface area (Å²) < 4.78 is 10.1. The van der Waals surface area contributed by atoms with E-state index >= 15 is 0 Å². The molecule has 0 unspecified atom stereocenters. The number of hydrogen-bond acceptors (Lipinski definition) is 4. The fourth-order valence-corrected chi connectivity index (χ4v) is 1.10. The average molecular weight is 201 g/mol. The molecule has 1 fully saturated rings. The summed E-state index contributed by atoms with van der Waals surface area (Å²) >= 11 is 0. The number of hydrogen-bond donors (Lipinski definition) is 1. The zero-order valence-corrected chi connectivity index (χ0v) is 8.57. The normalized spacial score (nSPS) is 26.2. The van der Waals surface area contributed by atoms with Gasteiger partial charge in [0.2, 0.25) is 6.41 Å². The van der Waals surface area contributed by atoms with Crippen LogP contribution in [0.1, 0.15) is 20.8 Å². The molecule has 1 amide bonds. The van der Waals surface area contributed by atoms with Crippen LogP contribution < -0.4 is 5.32 Å². The summed E-state index contributed by atoms with van der Waals surface area (Å²) in [6, 6.07) is -0.248. The lowest BCUT2D eigenvalue weighted by atomic mass is 10.1. The van der Waals surface area contributed by atoms with Crippen molar-refractivity contribution in [2.45, 2.75) is 38.5 Å². The Labute approximate surface area is 82.8 Å². The monoisotopic (exact) mass is 201 g/mol. The number of rotatable bonds is 3. The van der Waals surface area contributed by atoms with Gasteiger partial charge in [-0.15, -0.1) is 0 Å². The van der Waals surface area contributed by atoms with Crippen molar-refractivity contribution < 1.29 is 19.1 Å². The van der Waals surface area contributed by atoms with Crippen molar-refractivity contribution in [1.29, 1.82) is 0 Å². The molecule has 5 heteroatoms. The minimum atomic E-state index is -0.653. The lowest BCUT2D eigenvalue weighted by Gasteiger charge is -2.35. The van der Waals surface area contributed by atoms with Crippen molar-refractivity contribution in [1.82, 2.24) is 5.32 Å². The molecule has 1 aliphatic heterocycles. The van der Waals surface area contributed by atoms with Crippen LogP contribution in [0.4, 0.5) is 0 Å². The zero-order valence-electron chi connectivity index (χ0n) is 8.57. The van der Waals surface area contributed by atoms with Gasteiger partial charge in [-0.2, -0.15) is 0 Å². The van der Waals surface area contributed by atoms with E-state index in [2.05, 4.69) is 5.32 Å². The number of nitrogens with one attached hydrogen (secondary N) is 1. The van der Waals surface area contributed by atoms with E-state index in [1.54, 1.807) is 20.8 Å². The molecule has 0 aromatic rings. The first kappa shape index (κ1) is 11.0. The number of esters is 1. The molecule has 5 nitrogen and oxygen atoms in total. The van der Waals surface area contributed by atoms with Crippen LogP contribution in [0.5, 0.6) is 0 Å². The number of carbonyl (C=O) groups is 2. The van der Waals surface area contributed by atoms with E-state index in [-0.39, 0.29) is 6.04 Å². The van der Waals surface area contributed by atoms with Crippen LogP contribution in [0, 0.1) is 0 Å². The van der Waals surface area contributed by atoms with Crippen molar-refractivity contribution in [3.8, 4) is 0 Å². The smallest absolute Gasteiger partial charge is 0.338 e. The number of ether oxygens (including phenoxy) is 2. The molecule has 0 spiro atoms. The van der Waals surface area contributed by atoms with Crippen LogP contribution in [0.25, 0.3) is 0 Å². The number of carbonyl (C=O) groups excluding carboxylic acids is 2. The Morgan fingerprint density at radius 2 is 2.21 bits per heavy atom. The summed E-state index contributed by atoms with van der Waals surface area (Å²) in [6.07, 6.45) is -0.0932. The van der Waals surface area contributed by atoms with Crippen molar-refractivity contribution >= 4 is 12.4 Å². The summed E-state index contributed by atoms with van der Waals surface area (Å²) in [6.45, 7) is 5.71. The topological polar surface area (TPSA) is 64.6 Å². The van der Waals surface area contributed by atoms with Crippen LogP contribution in [-0.4, -0.2) is 36.7 Å². The number of amides is 1. The highest BCUT2D eigenvalue weighted by molar-refractivity contribution is 5.77. The minimum Gasteiger partial charge on any atom is -0.458 e. The largest absolute Gasteiger partial charge is 0.458 e. The van der Waals surface area contributed by atoms with Crippen LogP contribution in [0.3, 0.4) is 0 Å². The molecule has 1 aliphatic rings. The van der Waals surface area contributed by atoms with Crippen molar-refractivity contribution in [2.24, 2.45) is 0 Å². The maximum Gasteiger partial charge on any atom is 0.338 e. The fourth-order valence-electron chi connectivity index (χ4n) is 1.10. The molecule has 1 saturated heterocycles. The van der Waals surface area contributed by atoms with E-state index < -0.39 is 17.7 Å². The molecule has 0 radical (unpaired) electrons. The van der Waals surface area contributed by atoms with Crippen LogP contribution >= 0.6 is 0 Å². The second-order valence-corrected chi connectivity index (χ2v) is 4.18. The molecule has 0 bridgehead atoms. The van der Waals surface area contributed by atoms with Crippen molar-refractivity contribution in [3.05, 3.63) is 0 Å². The highest BCUT2D eigenvalue weighted by atomic mass is 16.6. The maximum atomic E-state index is 11.4. The summed E-state index contributed by atoms with van der Waals surface area (Å²) in [5.74, 6) is -0.428. The third-order valence-corrected chi connectivity index (χ3v) is 1.74. The molecule has 0 aromatic heterocycles. The van der Waals surface area contributed by atoms with Gasteiger partial charge in [0, 0.05) is 0 Å². The van der Waals surface area contributed by atoms with Crippen LogP contribution in [0.15, 0.2) is 0 Å². The molecule has 14 heavy (non-hydrogen) atoms. The summed E-state index contributed by atoms with van der Waals surface area (Å²) in [5, 5.41) is 2.49. The predicted molar refractivity (Wildman–Crippen MR) is 48.6 cm³/mol. The van der Waals surface area contributed by atoms with Gasteiger partial charge in [0.15, 0.2) is 6.10 Å². The molecular formula is C9H15NO4. The standard InChI is InChI=1S/C9H15NO4/c1-9(2,3)14-8(12)7-6(4-13-7)10-5-11/h5-7H,4H2,1-3H3,(H,10,11)/t6-,7+/m0/s1. The van der Waals surface area contributed by atoms with Gasteiger partial charge >= 0.3 is 5.97 Å². The summed E-state index contributed by atoms with van der Waals surface area (Å²) in [7, 11) is 0. The van der Waals surface area contributed by atoms with Gasteiger partial charge in [-0.25, -0.2) is 4.79 Å². The highest BCUT2D eigenvalue weighted by Gasteiger charge is 2.40. The summed E-state index contributed by atoms with van der Waals surface area (Å²) in [4.78, 5) is 21.6. The Morgan fingerprint density at radius 3 is 2.57 bits per heavy atom. The van der Waals surface area contributed by atoms with E-state index in [0.29, 0.717) is 13.0 Å². The molecule has 2 atom stereocenters. The molecule has 0 saturated carbocycles. The molecular weight excluding hydrogens is 186 g/mol. The second kappa shape index (κ2) is 3.96. The van der Waals surface area contributed by atoms with Gasteiger partial charge in [0.05, 0.1) is 12.6 Å². The molecule has 1 rings (SSSR count). The van der Waals surface area contributed by atoms with Crippen molar-refractivity contribution in [2.75, 3.05) is 6.61 Å². The quantitative estimate of drug-likeness (QED) is 0.509. The fraction of sp³-hybridized carbons (Fsp3) is 0.778. The van der Waals surface area contributed by atoms with E-state index in [0.717, 1.165) is 0 Å². The summed E-state index contributed by atoms with van der Waals surface area (Å²) in [5.41, 5.74) is -0.526. The Kier molecular flexibility index (Phi) is 3.10. The van der Waals surface area contributed by atoms with E-state index in [4.69, 9.17) is 9.47 Å². The SMILES string of the molecule is CC(C)(C)OC(=O)[C@@H]1OC[C@@H]1NC=O. The van der Waals surface area contributed by atoms with Crippen molar-refractivity contribution in [3.63, 3.8) is 0 Å². The molecule has 0 aromatic carbocycles. The zero-order chi connectivity index (χ0) is 10.8.